The summed E-state index contributed by atoms with van der Waals surface area (Å²) in [5, 5.41) is 38.4. The highest BCUT2D eigenvalue weighted by atomic mass is 35.5. The fraction of sp³-hybridized carbons (Fsp3) is 0.133. The topological polar surface area (TPSA) is 214 Å². The van der Waals surface area contributed by atoms with Gasteiger partial charge in [0.25, 0.3) is 11.8 Å². The van der Waals surface area contributed by atoms with E-state index in [1.807, 2.05) is 67.6 Å². The number of hydrogen-bond acceptors (Lipinski definition) is 6. The number of carbonyl (C=O) groups is 5. The molecule has 3 amide bonds. The standard InChI is InChI=1S/C26H22ClN3O5.C19H18N2O3/c27-21-13-17(29-24(32)11-15-4-3-5-18(31)10-15)8-9-20(21)25(33)30-23(26(34)35)12-16-14-28-22-7-2-1-6-19(16)22;1-12-6-2-3-7-14(12)18(22)21-17(19(23)24)10-13-11-20-16-9-5-4-8-15(13)16/h1-10,13-14,23,28,31H,11-12H2,(H,29,32)(H,30,33)(H,34,35);2-9,11,17,20H,10H2,1H3,(H,21,22)(H,23,24)/t23-;17-/m00/s1. The van der Waals surface area contributed by atoms with Crippen molar-refractivity contribution >= 4 is 68.8 Å². The number of carboxylic acid groups (broad SMARTS) is 2. The molecule has 13 nitrogen and oxygen atoms in total. The van der Waals surface area contributed by atoms with Crippen molar-refractivity contribution in [2.45, 2.75) is 38.3 Å². The van der Waals surface area contributed by atoms with Crippen LogP contribution in [0.2, 0.25) is 5.02 Å². The predicted octanol–water partition coefficient (Wildman–Crippen LogP) is 7.04. The summed E-state index contributed by atoms with van der Waals surface area (Å²) in [7, 11) is 0. The number of aromatic amines is 2. The van der Waals surface area contributed by atoms with Crippen LogP contribution in [0.5, 0.6) is 5.75 Å². The fourth-order valence-corrected chi connectivity index (χ4v) is 6.84. The Kier molecular flexibility index (Phi) is 13.1. The van der Waals surface area contributed by atoms with Crippen molar-refractivity contribution < 1.29 is 39.3 Å². The summed E-state index contributed by atoms with van der Waals surface area (Å²) in [5.74, 6) is -3.50. The molecule has 0 aliphatic rings. The highest BCUT2D eigenvalue weighted by molar-refractivity contribution is 6.34. The molecule has 0 saturated carbocycles. The van der Waals surface area contributed by atoms with E-state index in [9.17, 15) is 39.3 Å². The number of aliphatic carboxylic acids is 2. The van der Waals surface area contributed by atoms with Gasteiger partial charge < -0.3 is 41.2 Å². The molecule has 0 bridgehead atoms. The number of phenols is 1. The molecule has 300 valence electrons. The number of carboxylic acids is 2. The van der Waals surface area contributed by atoms with Crippen LogP contribution in [0.25, 0.3) is 21.8 Å². The number of hydrogen-bond donors (Lipinski definition) is 8. The van der Waals surface area contributed by atoms with Gasteiger partial charge in [-0.1, -0.05) is 78.3 Å². The zero-order valence-electron chi connectivity index (χ0n) is 31.7. The molecule has 0 unspecified atom stereocenters. The lowest BCUT2D eigenvalue weighted by molar-refractivity contribution is -0.140. The zero-order chi connectivity index (χ0) is 42.1. The summed E-state index contributed by atoms with van der Waals surface area (Å²) in [4.78, 5) is 67.1. The first-order valence-electron chi connectivity index (χ1n) is 18.5. The minimum atomic E-state index is -1.17. The number of fused-ring (bicyclic) bond motifs is 2. The number of carbonyl (C=O) groups excluding carboxylic acids is 3. The van der Waals surface area contributed by atoms with Gasteiger partial charge in [0, 0.05) is 58.3 Å². The van der Waals surface area contributed by atoms with Gasteiger partial charge in [-0.15, -0.1) is 0 Å². The summed E-state index contributed by atoms with van der Waals surface area (Å²) in [6.07, 6.45) is 3.87. The summed E-state index contributed by atoms with van der Waals surface area (Å²) < 4.78 is 0. The number of anilines is 1. The van der Waals surface area contributed by atoms with Gasteiger partial charge in [-0.05, 0) is 77.7 Å². The molecule has 2 aromatic heterocycles. The first-order chi connectivity index (χ1) is 28.4. The number of aromatic nitrogens is 2. The van der Waals surface area contributed by atoms with Crippen LogP contribution in [0.3, 0.4) is 0 Å². The summed E-state index contributed by atoms with van der Waals surface area (Å²) >= 11 is 6.27. The third-order valence-corrected chi connectivity index (χ3v) is 9.88. The smallest absolute Gasteiger partial charge is 0.326 e. The average Bonchev–Trinajstić information content (AvgIpc) is 3.81. The normalized spacial score (nSPS) is 11.8. The maximum Gasteiger partial charge on any atom is 0.326 e. The van der Waals surface area contributed by atoms with Crippen LogP contribution < -0.4 is 16.0 Å². The predicted molar refractivity (Wildman–Crippen MR) is 225 cm³/mol. The van der Waals surface area contributed by atoms with Crippen molar-refractivity contribution in [2.75, 3.05) is 5.32 Å². The Morgan fingerprint density at radius 3 is 1.73 bits per heavy atom. The van der Waals surface area contributed by atoms with E-state index in [0.29, 0.717) is 16.8 Å². The molecule has 2 atom stereocenters. The lowest BCUT2D eigenvalue weighted by atomic mass is 10.0. The van der Waals surface area contributed by atoms with Gasteiger partial charge in [0.1, 0.15) is 17.8 Å². The second kappa shape index (κ2) is 18.7. The molecule has 0 spiro atoms. The van der Waals surface area contributed by atoms with Crippen molar-refractivity contribution in [2.24, 2.45) is 0 Å². The first kappa shape index (κ1) is 41.3. The summed E-state index contributed by atoms with van der Waals surface area (Å²) in [5.41, 5.74) is 5.86. The van der Waals surface area contributed by atoms with Crippen molar-refractivity contribution in [3.63, 3.8) is 0 Å². The first-order valence-corrected chi connectivity index (χ1v) is 18.8. The fourth-order valence-electron chi connectivity index (χ4n) is 6.57. The second-order valence-electron chi connectivity index (χ2n) is 13.8. The van der Waals surface area contributed by atoms with Gasteiger partial charge in [-0.25, -0.2) is 9.59 Å². The van der Waals surface area contributed by atoms with E-state index in [-0.39, 0.29) is 47.4 Å². The van der Waals surface area contributed by atoms with Crippen LogP contribution in [0.4, 0.5) is 5.69 Å². The van der Waals surface area contributed by atoms with Gasteiger partial charge in [0.15, 0.2) is 0 Å². The molecule has 14 heteroatoms. The van der Waals surface area contributed by atoms with E-state index in [0.717, 1.165) is 38.5 Å². The average molecular weight is 814 g/mol. The van der Waals surface area contributed by atoms with Gasteiger partial charge >= 0.3 is 11.9 Å². The number of para-hydroxylation sites is 2. The highest BCUT2D eigenvalue weighted by Gasteiger charge is 2.25. The van der Waals surface area contributed by atoms with E-state index in [1.54, 1.807) is 36.7 Å². The van der Waals surface area contributed by atoms with Crippen LogP contribution in [-0.4, -0.2) is 67.0 Å². The molecule has 0 radical (unpaired) electrons. The Bertz CT molecular complexity index is 2670. The maximum absolute atomic E-state index is 12.8. The SMILES string of the molecule is Cc1ccccc1C(=O)N[C@@H](Cc1c[nH]c2ccccc12)C(=O)O.O=C(Cc1cccc(O)c1)Nc1ccc(C(=O)N[C@@H](Cc2c[nH]c3ccccc23)C(=O)O)c(Cl)c1. The Balaban J connectivity index is 0.000000213. The van der Waals surface area contributed by atoms with Gasteiger partial charge in [0.05, 0.1) is 17.0 Å². The number of phenolic OH excluding ortho intramolecular Hbond substituents is 1. The van der Waals surface area contributed by atoms with E-state index in [1.165, 1.54) is 30.3 Å². The maximum atomic E-state index is 12.8. The molecule has 7 rings (SSSR count). The zero-order valence-corrected chi connectivity index (χ0v) is 32.4. The van der Waals surface area contributed by atoms with Crippen molar-refractivity contribution in [1.82, 2.24) is 20.6 Å². The van der Waals surface area contributed by atoms with Crippen molar-refractivity contribution in [3.8, 4) is 5.75 Å². The molecule has 5 aromatic carbocycles. The minimum Gasteiger partial charge on any atom is -0.508 e. The second-order valence-corrected chi connectivity index (χ2v) is 14.2. The van der Waals surface area contributed by atoms with Gasteiger partial charge in [-0.3, -0.25) is 14.4 Å². The largest absolute Gasteiger partial charge is 0.508 e. The Morgan fingerprint density at radius 2 is 1.19 bits per heavy atom. The van der Waals surface area contributed by atoms with Crippen LogP contribution in [0, 0.1) is 6.92 Å². The molecular formula is C45H40ClN5O8. The quantitative estimate of drug-likeness (QED) is 0.0604. The highest BCUT2D eigenvalue weighted by Crippen LogP contribution is 2.24. The van der Waals surface area contributed by atoms with E-state index < -0.39 is 29.9 Å². The number of aromatic hydroxyl groups is 1. The summed E-state index contributed by atoms with van der Waals surface area (Å²) in [6, 6.07) is 30.9. The van der Waals surface area contributed by atoms with Crippen LogP contribution in [0.15, 0.2) is 128 Å². The van der Waals surface area contributed by atoms with E-state index in [4.69, 9.17) is 11.6 Å². The number of nitrogens with one attached hydrogen (secondary N) is 5. The number of halogens is 1. The molecule has 8 N–H and O–H groups in total. The summed E-state index contributed by atoms with van der Waals surface area (Å²) in [6.45, 7) is 1.82. The van der Waals surface area contributed by atoms with Gasteiger partial charge in [-0.2, -0.15) is 0 Å². The lowest BCUT2D eigenvalue weighted by Gasteiger charge is -2.15. The monoisotopic (exact) mass is 813 g/mol. The number of benzene rings is 5. The van der Waals surface area contributed by atoms with Crippen molar-refractivity contribution in [3.05, 3.63) is 166 Å². The Hall–Kier alpha value is -7.38. The van der Waals surface area contributed by atoms with Crippen LogP contribution in [0.1, 0.15) is 43.0 Å². The van der Waals surface area contributed by atoms with Crippen LogP contribution in [-0.2, 0) is 33.6 Å². The minimum absolute atomic E-state index is 0.0440. The molecular weight excluding hydrogens is 774 g/mol. The molecule has 59 heavy (non-hydrogen) atoms. The number of H-pyrrole nitrogens is 2. The molecule has 7 aromatic rings. The van der Waals surface area contributed by atoms with Crippen molar-refractivity contribution in [1.29, 1.82) is 0 Å². The molecule has 0 aliphatic carbocycles. The van der Waals surface area contributed by atoms with E-state index in [2.05, 4.69) is 25.9 Å². The molecule has 0 fully saturated rings. The molecule has 0 saturated heterocycles. The Morgan fingerprint density at radius 1 is 0.644 bits per heavy atom. The van der Waals surface area contributed by atoms with Gasteiger partial charge in [0.2, 0.25) is 5.91 Å². The number of rotatable bonds is 13. The number of aryl methyl sites for hydroxylation is 1. The lowest BCUT2D eigenvalue weighted by Crippen LogP contribution is -2.42. The third kappa shape index (κ3) is 10.5. The third-order valence-electron chi connectivity index (χ3n) is 9.57. The molecule has 0 aliphatic heterocycles. The molecule has 2 heterocycles. The van der Waals surface area contributed by atoms with E-state index >= 15 is 0 Å². The Labute approximate surface area is 343 Å². The van der Waals surface area contributed by atoms with Crippen LogP contribution >= 0.6 is 11.6 Å². The number of amides is 3.